The summed E-state index contributed by atoms with van der Waals surface area (Å²) in [6.45, 7) is 6.54. The summed E-state index contributed by atoms with van der Waals surface area (Å²) in [6, 6.07) is 0. The van der Waals surface area contributed by atoms with Gasteiger partial charge in [0.25, 0.3) is 0 Å². The second-order valence-corrected chi connectivity index (χ2v) is 16.4. The summed E-state index contributed by atoms with van der Waals surface area (Å²) in [7, 11) is 0. The molecule has 0 aromatic rings. The molecule has 0 bridgehead atoms. The van der Waals surface area contributed by atoms with E-state index in [-0.39, 0.29) is 31.1 Å². The third-order valence-corrected chi connectivity index (χ3v) is 10.6. The van der Waals surface area contributed by atoms with E-state index in [1.54, 1.807) is 0 Å². The second kappa shape index (κ2) is 46.3. The van der Waals surface area contributed by atoms with Gasteiger partial charge in [-0.05, 0) is 70.6 Å². The highest BCUT2D eigenvalue weighted by atomic mass is 16.6. The maximum Gasteiger partial charge on any atom is 0.306 e. The molecule has 0 spiro atoms. The predicted molar refractivity (Wildman–Crippen MR) is 242 cm³/mol. The van der Waals surface area contributed by atoms with Crippen LogP contribution in [-0.4, -0.2) is 37.2 Å². The quantitative estimate of drug-likeness (QED) is 0.0264. The van der Waals surface area contributed by atoms with Crippen LogP contribution >= 0.6 is 0 Å². The van der Waals surface area contributed by atoms with Gasteiger partial charge in [0.1, 0.15) is 13.2 Å². The van der Waals surface area contributed by atoms with Crippen LogP contribution in [0.5, 0.6) is 0 Å². The fourth-order valence-electron chi connectivity index (χ4n) is 6.86. The normalized spacial score (nSPS) is 12.3. The standard InChI is InChI=1S/C51H92O6/c1-4-7-10-13-16-18-20-22-24-25-26-27-29-30-32-35-38-41-44-50(53)56-47-48(46-55-49(52)43-40-37-34-15-12-9-6-3)57-51(54)45-42-39-36-33-31-28-23-21-19-17-14-11-8-5-2/h14,17,21,23-25,48H,4-13,15-16,18-20,22,26-47H2,1-3H3/b17-14-,23-21-,25-24-. The number of rotatable bonds is 44. The lowest BCUT2D eigenvalue weighted by Crippen LogP contribution is -2.30. The number of hydrogen-bond acceptors (Lipinski definition) is 6. The number of allylic oxidation sites excluding steroid dienone is 6. The average molecular weight is 801 g/mol. The lowest BCUT2D eigenvalue weighted by molar-refractivity contribution is -0.167. The molecular weight excluding hydrogens is 709 g/mol. The molecule has 0 aromatic heterocycles. The third kappa shape index (κ3) is 44.6. The van der Waals surface area contributed by atoms with E-state index in [0.29, 0.717) is 19.3 Å². The smallest absolute Gasteiger partial charge is 0.306 e. The lowest BCUT2D eigenvalue weighted by atomic mass is 10.1. The monoisotopic (exact) mass is 801 g/mol. The number of carbonyl (C=O) groups is 3. The summed E-state index contributed by atoms with van der Waals surface area (Å²) in [4.78, 5) is 37.7. The van der Waals surface area contributed by atoms with Crippen molar-refractivity contribution < 1.29 is 28.6 Å². The van der Waals surface area contributed by atoms with Crippen molar-refractivity contribution in [3.05, 3.63) is 36.5 Å². The molecule has 1 unspecified atom stereocenters. The number of hydrogen-bond donors (Lipinski definition) is 0. The molecule has 0 saturated heterocycles. The van der Waals surface area contributed by atoms with Gasteiger partial charge >= 0.3 is 17.9 Å². The largest absolute Gasteiger partial charge is 0.462 e. The molecule has 332 valence electrons. The Morgan fingerprint density at radius 1 is 0.351 bits per heavy atom. The Labute approximate surface area is 353 Å². The lowest BCUT2D eigenvalue weighted by Gasteiger charge is -2.18. The minimum atomic E-state index is -0.775. The van der Waals surface area contributed by atoms with Crippen LogP contribution in [0.4, 0.5) is 0 Å². The van der Waals surface area contributed by atoms with E-state index in [0.717, 1.165) is 83.5 Å². The highest BCUT2D eigenvalue weighted by Gasteiger charge is 2.19. The van der Waals surface area contributed by atoms with Crippen molar-refractivity contribution in [1.29, 1.82) is 0 Å². The van der Waals surface area contributed by atoms with E-state index < -0.39 is 6.10 Å². The first kappa shape index (κ1) is 54.6. The van der Waals surface area contributed by atoms with Crippen molar-refractivity contribution in [3.8, 4) is 0 Å². The molecule has 6 nitrogen and oxygen atoms in total. The van der Waals surface area contributed by atoms with Crippen molar-refractivity contribution in [2.75, 3.05) is 13.2 Å². The Bertz CT molecular complexity index is 969. The molecule has 1 atom stereocenters. The molecule has 0 fully saturated rings. The highest BCUT2D eigenvalue weighted by Crippen LogP contribution is 2.14. The van der Waals surface area contributed by atoms with Crippen LogP contribution < -0.4 is 0 Å². The Morgan fingerprint density at radius 3 is 1.04 bits per heavy atom. The number of ether oxygens (including phenoxy) is 3. The predicted octanol–water partition coefficient (Wildman–Crippen LogP) is 15.8. The van der Waals surface area contributed by atoms with Gasteiger partial charge in [0, 0.05) is 19.3 Å². The van der Waals surface area contributed by atoms with Crippen molar-refractivity contribution >= 4 is 17.9 Å². The summed E-state index contributed by atoms with van der Waals surface area (Å²) < 4.78 is 16.7. The molecule has 6 heteroatoms. The van der Waals surface area contributed by atoms with E-state index in [9.17, 15) is 14.4 Å². The number of carbonyl (C=O) groups excluding carboxylic acids is 3. The van der Waals surface area contributed by atoms with Crippen LogP contribution in [0.15, 0.2) is 36.5 Å². The van der Waals surface area contributed by atoms with Crippen molar-refractivity contribution in [3.63, 3.8) is 0 Å². The van der Waals surface area contributed by atoms with Crippen molar-refractivity contribution in [2.45, 2.75) is 258 Å². The molecule has 0 radical (unpaired) electrons. The Balaban J connectivity index is 4.27. The van der Waals surface area contributed by atoms with Crippen molar-refractivity contribution in [1.82, 2.24) is 0 Å². The van der Waals surface area contributed by atoms with Crippen molar-refractivity contribution in [2.24, 2.45) is 0 Å². The number of unbranched alkanes of at least 4 members (excludes halogenated alkanes) is 27. The molecule has 0 aliphatic carbocycles. The Hall–Kier alpha value is -2.37. The summed E-state index contributed by atoms with van der Waals surface area (Å²) >= 11 is 0. The van der Waals surface area contributed by atoms with Crippen LogP contribution in [0.3, 0.4) is 0 Å². The van der Waals surface area contributed by atoms with Crippen LogP contribution in [-0.2, 0) is 28.6 Å². The van der Waals surface area contributed by atoms with Gasteiger partial charge in [-0.15, -0.1) is 0 Å². The van der Waals surface area contributed by atoms with Crippen LogP contribution in [0, 0.1) is 0 Å². The van der Waals surface area contributed by atoms with Gasteiger partial charge in [0.15, 0.2) is 6.10 Å². The maximum atomic E-state index is 12.7. The van der Waals surface area contributed by atoms with Crippen LogP contribution in [0.25, 0.3) is 0 Å². The Morgan fingerprint density at radius 2 is 0.649 bits per heavy atom. The van der Waals surface area contributed by atoms with Gasteiger partial charge in [0.05, 0.1) is 0 Å². The van der Waals surface area contributed by atoms with E-state index in [1.807, 2.05) is 0 Å². The zero-order valence-electron chi connectivity index (χ0n) is 37.9. The summed E-state index contributed by atoms with van der Waals surface area (Å²) in [6.07, 6.45) is 52.8. The van der Waals surface area contributed by atoms with Gasteiger partial charge < -0.3 is 14.2 Å². The molecule has 0 aliphatic rings. The van der Waals surface area contributed by atoms with Gasteiger partial charge in [-0.3, -0.25) is 14.4 Å². The van der Waals surface area contributed by atoms with E-state index in [1.165, 1.54) is 128 Å². The van der Waals surface area contributed by atoms with Crippen LogP contribution in [0.1, 0.15) is 252 Å². The molecule has 0 heterocycles. The molecule has 0 aromatic carbocycles. The molecule has 0 rings (SSSR count). The molecule has 0 N–H and O–H groups in total. The highest BCUT2D eigenvalue weighted by molar-refractivity contribution is 5.71. The summed E-state index contributed by atoms with van der Waals surface area (Å²) in [5, 5.41) is 0. The molecule has 0 amide bonds. The van der Waals surface area contributed by atoms with Gasteiger partial charge in [-0.25, -0.2) is 0 Å². The first-order chi connectivity index (χ1) is 28.0. The first-order valence-electron chi connectivity index (χ1n) is 24.5. The summed E-state index contributed by atoms with van der Waals surface area (Å²) in [5.74, 6) is -0.898. The van der Waals surface area contributed by atoms with E-state index >= 15 is 0 Å². The zero-order chi connectivity index (χ0) is 41.5. The first-order valence-corrected chi connectivity index (χ1v) is 24.5. The Kier molecular flexibility index (Phi) is 44.4. The van der Waals surface area contributed by atoms with Gasteiger partial charge in [-0.2, -0.15) is 0 Å². The SMILES string of the molecule is CCCC/C=C\C/C=C\CCCCCCCC(=O)OC(COC(=O)CCCCCCCCC)COC(=O)CCCCCCCCC/C=C\CCCCCCCCC. The third-order valence-electron chi connectivity index (χ3n) is 10.6. The maximum absolute atomic E-state index is 12.7. The van der Waals surface area contributed by atoms with Crippen LogP contribution in [0.2, 0.25) is 0 Å². The topological polar surface area (TPSA) is 78.9 Å². The van der Waals surface area contributed by atoms with Gasteiger partial charge in [0.2, 0.25) is 0 Å². The fraction of sp³-hybridized carbons (Fsp3) is 0.824. The summed E-state index contributed by atoms with van der Waals surface area (Å²) in [5.41, 5.74) is 0. The van der Waals surface area contributed by atoms with E-state index in [2.05, 4.69) is 57.2 Å². The molecule has 57 heavy (non-hydrogen) atoms. The fourth-order valence-corrected chi connectivity index (χ4v) is 6.86. The molecular formula is C51H92O6. The average Bonchev–Trinajstić information content (AvgIpc) is 3.21. The van der Waals surface area contributed by atoms with Gasteiger partial charge in [-0.1, -0.05) is 198 Å². The number of esters is 3. The minimum Gasteiger partial charge on any atom is -0.462 e. The molecule has 0 saturated carbocycles. The second-order valence-electron chi connectivity index (χ2n) is 16.4. The zero-order valence-corrected chi connectivity index (χ0v) is 37.9. The molecule has 0 aliphatic heterocycles. The van der Waals surface area contributed by atoms with E-state index in [4.69, 9.17) is 14.2 Å². The minimum absolute atomic E-state index is 0.0780.